The second-order valence-corrected chi connectivity index (χ2v) is 6.64. The van der Waals surface area contributed by atoms with Gasteiger partial charge in [-0.3, -0.25) is 0 Å². The summed E-state index contributed by atoms with van der Waals surface area (Å²) in [7, 11) is 1.74. The van der Waals surface area contributed by atoms with Crippen LogP contribution >= 0.6 is 0 Å². The van der Waals surface area contributed by atoms with Gasteiger partial charge in [-0.25, -0.2) is 0 Å². The summed E-state index contributed by atoms with van der Waals surface area (Å²) in [5.41, 5.74) is 9.02. The average molecular weight is 288 g/mol. The molecule has 1 atom stereocenters. The van der Waals surface area contributed by atoms with Crippen LogP contribution in [0.2, 0.25) is 0 Å². The van der Waals surface area contributed by atoms with Crippen LogP contribution in [0.3, 0.4) is 0 Å². The zero-order chi connectivity index (χ0) is 14.7. The quantitative estimate of drug-likeness (QED) is 0.895. The van der Waals surface area contributed by atoms with E-state index in [1.54, 1.807) is 7.11 Å². The molecule has 0 spiro atoms. The van der Waals surface area contributed by atoms with Gasteiger partial charge in [0.25, 0.3) is 0 Å². The molecule has 1 aromatic carbocycles. The van der Waals surface area contributed by atoms with Crippen molar-refractivity contribution in [3.8, 4) is 5.75 Å². The molecular weight excluding hydrogens is 260 g/mol. The molecule has 1 aromatic rings. The molecule has 3 nitrogen and oxygen atoms in total. The predicted octanol–water partition coefficient (Wildman–Crippen LogP) is 3.11. The Balaban J connectivity index is 1.91. The van der Waals surface area contributed by atoms with Crippen LogP contribution in [0.4, 0.5) is 0 Å². The van der Waals surface area contributed by atoms with Gasteiger partial charge in [0.1, 0.15) is 5.75 Å². The van der Waals surface area contributed by atoms with Gasteiger partial charge in [0, 0.05) is 12.6 Å². The number of rotatable bonds is 4. The molecule has 0 aromatic heterocycles. The summed E-state index contributed by atoms with van der Waals surface area (Å²) in [5.74, 6) is 0.943. The van der Waals surface area contributed by atoms with E-state index in [-0.39, 0.29) is 5.54 Å². The van der Waals surface area contributed by atoms with Gasteiger partial charge in [-0.05, 0) is 55.4 Å². The average Bonchev–Trinajstić information content (AvgIpc) is 2.55. The number of nitrogens with two attached hydrogens (primary N) is 1. The van der Waals surface area contributed by atoms with Crippen LogP contribution in [0.5, 0.6) is 5.75 Å². The molecule has 116 valence electrons. The zero-order valence-electron chi connectivity index (χ0n) is 13.2. The Morgan fingerprint density at radius 3 is 2.76 bits per heavy atom. The van der Waals surface area contributed by atoms with E-state index in [2.05, 4.69) is 23.5 Å². The van der Waals surface area contributed by atoms with E-state index in [1.807, 2.05) is 0 Å². The maximum absolute atomic E-state index is 6.26. The minimum Gasteiger partial charge on any atom is -0.497 e. The number of hydrogen-bond donors (Lipinski definition) is 2. The summed E-state index contributed by atoms with van der Waals surface area (Å²) in [6.45, 7) is 0.670. The first-order valence-electron chi connectivity index (χ1n) is 8.42. The Morgan fingerprint density at radius 2 is 2.05 bits per heavy atom. The van der Waals surface area contributed by atoms with E-state index in [9.17, 15) is 0 Å². The number of nitrogens with one attached hydrogen (secondary N) is 1. The predicted molar refractivity (Wildman–Crippen MR) is 86.7 cm³/mol. The van der Waals surface area contributed by atoms with Crippen LogP contribution < -0.4 is 15.8 Å². The molecule has 3 heteroatoms. The van der Waals surface area contributed by atoms with E-state index in [4.69, 9.17) is 10.5 Å². The van der Waals surface area contributed by atoms with Gasteiger partial charge in [-0.1, -0.05) is 25.3 Å². The van der Waals surface area contributed by atoms with Gasteiger partial charge in [-0.15, -0.1) is 0 Å². The van der Waals surface area contributed by atoms with E-state index < -0.39 is 0 Å². The summed E-state index contributed by atoms with van der Waals surface area (Å²) in [4.78, 5) is 0. The van der Waals surface area contributed by atoms with Crippen LogP contribution in [0.1, 0.15) is 56.1 Å². The van der Waals surface area contributed by atoms with Crippen molar-refractivity contribution in [2.24, 2.45) is 5.73 Å². The highest BCUT2D eigenvalue weighted by Crippen LogP contribution is 2.38. The standard InChI is InChI=1S/C18H28N2O/c1-21-16-10-9-14-6-5-11-18(13-19,17(14)12-16)20-15-7-3-2-4-8-15/h9-10,12,15,20H,2-8,11,13,19H2,1H3. The normalized spacial score (nSPS) is 26.4. The Labute approximate surface area is 128 Å². The fourth-order valence-corrected chi connectivity index (χ4v) is 4.12. The van der Waals surface area contributed by atoms with Crippen molar-refractivity contribution in [1.82, 2.24) is 5.32 Å². The third-order valence-electron chi connectivity index (χ3n) is 5.32. The number of fused-ring (bicyclic) bond motifs is 1. The summed E-state index contributed by atoms with van der Waals surface area (Å²) in [5, 5.41) is 3.95. The number of hydrogen-bond acceptors (Lipinski definition) is 3. The van der Waals surface area contributed by atoms with Gasteiger partial charge in [0.15, 0.2) is 0 Å². The van der Waals surface area contributed by atoms with Crippen LogP contribution in [-0.2, 0) is 12.0 Å². The van der Waals surface area contributed by atoms with Crippen molar-refractivity contribution in [2.45, 2.75) is 62.9 Å². The maximum Gasteiger partial charge on any atom is 0.119 e. The van der Waals surface area contributed by atoms with Crippen LogP contribution in [0.15, 0.2) is 18.2 Å². The minimum absolute atomic E-state index is 0.0515. The van der Waals surface area contributed by atoms with Crippen molar-refractivity contribution in [1.29, 1.82) is 0 Å². The molecule has 0 radical (unpaired) electrons. The molecule has 1 fully saturated rings. The monoisotopic (exact) mass is 288 g/mol. The topological polar surface area (TPSA) is 47.3 Å². The van der Waals surface area contributed by atoms with Gasteiger partial charge in [0.2, 0.25) is 0 Å². The SMILES string of the molecule is COc1ccc2c(c1)C(CN)(NC1CCCCC1)CCC2. The lowest BCUT2D eigenvalue weighted by Gasteiger charge is -2.43. The fraction of sp³-hybridized carbons (Fsp3) is 0.667. The molecule has 0 saturated heterocycles. The van der Waals surface area contributed by atoms with Crippen LogP contribution in [0.25, 0.3) is 0 Å². The Hall–Kier alpha value is -1.06. The molecule has 1 saturated carbocycles. The minimum atomic E-state index is -0.0515. The molecule has 2 aliphatic carbocycles. The Morgan fingerprint density at radius 1 is 1.24 bits per heavy atom. The third-order valence-corrected chi connectivity index (χ3v) is 5.32. The first-order valence-corrected chi connectivity index (χ1v) is 8.42. The van der Waals surface area contributed by atoms with Crippen molar-refractivity contribution in [3.63, 3.8) is 0 Å². The second kappa shape index (κ2) is 6.37. The van der Waals surface area contributed by atoms with Gasteiger partial charge < -0.3 is 15.8 Å². The molecular formula is C18H28N2O. The van der Waals surface area contributed by atoms with Crippen molar-refractivity contribution in [2.75, 3.05) is 13.7 Å². The lowest BCUT2D eigenvalue weighted by atomic mass is 9.75. The number of aryl methyl sites for hydroxylation is 1. The summed E-state index contributed by atoms with van der Waals surface area (Å²) in [6.07, 6.45) is 10.2. The molecule has 21 heavy (non-hydrogen) atoms. The molecule has 0 amide bonds. The Bertz CT molecular complexity index is 482. The molecule has 0 aliphatic heterocycles. The molecule has 0 heterocycles. The molecule has 3 rings (SSSR count). The van der Waals surface area contributed by atoms with Crippen molar-refractivity contribution in [3.05, 3.63) is 29.3 Å². The highest BCUT2D eigenvalue weighted by molar-refractivity contribution is 5.42. The third kappa shape index (κ3) is 2.95. The van der Waals surface area contributed by atoms with Crippen LogP contribution in [-0.4, -0.2) is 19.7 Å². The zero-order valence-corrected chi connectivity index (χ0v) is 13.2. The largest absolute Gasteiger partial charge is 0.497 e. The Kier molecular flexibility index (Phi) is 4.51. The maximum atomic E-state index is 6.26. The highest BCUT2D eigenvalue weighted by atomic mass is 16.5. The van der Waals surface area contributed by atoms with Gasteiger partial charge in [-0.2, -0.15) is 0 Å². The second-order valence-electron chi connectivity index (χ2n) is 6.64. The molecule has 3 N–H and O–H groups in total. The van der Waals surface area contributed by atoms with E-state index in [1.165, 1.54) is 49.7 Å². The fourth-order valence-electron chi connectivity index (χ4n) is 4.12. The summed E-state index contributed by atoms with van der Waals surface area (Å²) < 4.78 is 5.44. The molecule has 0 bridgehead atoms. The van der Waals surface area contributed by atoms with Gasteiger partial charge in [0.05, 0.1) is 12.6 Å². The lowest BCUT2D eigenvalue weighted by molar-refractivity contribution is 0.226. The number of benzene rings is 1. The molecule has 2 aliphatic rings. The van der Waals surface area contributed by atoms with Gasteiger partial charge >= 0.3 is 0 Å². The summed E-state index contributed by atoms with van der Waals surface area (Å²) >= 11 is 0. The highest BCUT2D eigenvalue weighted by Gasteiger charge is 2.37. The summed E-state index contributed by atoms with van der Waals surface area (Å²) in [6, 6.07) is 7.13. The van der Waals surface area contributed by atoms with Crippen molar-refractivity contribution < 1.29 is 4.74 Å². The van der Waals surface area contributed by atoms with E-state index in [0.29, 0.717) is 12.6 Å². The number of methoxy groups -OCH3 is 1. The van der Waals surface area contributed by atoms with Crippen molar-refractivity contribution >= 4 is 0 Å². The first-order chi connectivity index (χ1) is 10.3. The first kappa shape index (κ1) is 14.9. The molecule has 1 unspecified atom stereocenters. The lowest BCUT2D eigenvalue weighted by Crippen LogP contribution is -2.54. The van der Waals surface area contributed by atoms with Crippen LogP contribution in [0, 0.1) is 0 Å². The smallest absolute Gasteiger partial charge is 0.119 e. The van der Waals surface area contributed by atoms with E-state index in [0.717, 1.165) is 18.6 Å². The van der Waals surface area contributed by atoms with E-state index >= 15 is 0 Å². The number of ether oxygens (including phenoxy) is 1.